The van der Waals surface area contributed by atoms with Crippen LogP contribution in [0, 0.1) is 0 Å². The van der Waals surface area contributed by atoms with Crippen molar-refractivity contribution >= 4 is 23.3 Å². The molecule has 2 N–H and O–H groups in total. The van der Waals surface area contributed by atoms with Gasteiger partial charge in [0.2, 0.25) is 0 Å². The van der Waals surface area contributed by atoms with Crippen LogP contribution in [0.1, 0.15) is 55.5 Å². The number of nitrogens with zero attached hydrogens (tertiary/aromatic N) is 2. The summed E-state index contributed by atoms with van der Waals surface area (Å²) in [5, 5.41) is 5.84. The second-order valence-electron chi connectivity index (χ2n) is 8.32. The van der Waals surface area contributed by atoms with Crippen LogP contribution in [0.4, 0.5) is 16.2 Å². The van der Waals surface area contributed by atoms with Crippen molar-refractivity contribution in [1.29, 1.82) is 0 Å². The van der Waals surface area contributed by atoms with Crippen molar-refractivity contribution in [3.05, 3.63) is 59.7 Å². The van der Waals surface area contributed by atoms with Gasteiger partial charge < -0.3 is 20.4 Å². The summed E-state index contributed by atoms with van der Waals surface area (Å²) < 4.78 is 0. The van der Waals surface area contributed by atoms with Crippen LogP contribution in [-0.4, -0.2) is 49.6 Å². The zero-order chi connectivity index (χ0) is 22.8. The summed E-state index contributed by atoms with van der Waals surface area (Å²) in [4.78, 5) is 28.7. The highest BCUT2D eigenvalue weighted by Crippen LogP contribution is 2.20. The van der Waals surface area contributed by atoms with E-state index in [0.717, 1.165) is 30.9 Å². The fraction of sp³-hybridized carbons (Fsp3) is 0.462. The maximum Gasteiger partial charge on any atom is 0.317 e. The SMILES string of the molecule is CCCCCCc1ccc(C(=O)Nc2ccc(N3CCN(C(=O)NCC)CC3)cc2)cc1. The summed E-state index contributed by atoms with van der Waals surface area (Å²) in [5.74, 6) is -0.0918. The average molecular weight is 437 g/mol. The molecule has 0 atom stereocenters. The predicted molar refractivity (Wildman–Crippen MR) is 132 cm³/mol. The summed E-state index contributed by atoms with van der Waals surface area (Å²) in [7, 11) is 0. The summed E-state index contributed by atoms with van der Waals surface area (Å²) in [6.45, 7) is 7.81. The van der Waals surface area contributed by atoms with E-state index in [2.05, 4.69) is 34.6 Å². The van der Waals surface area contributed by atoms with Crippen molar-refractivity contribution in [2.45, 2.75) is 46.0 Å². The molecular formula is C26H36N4O2. The van der Waals surface area contributed by atoms with Gasteiger partial charge in [-0.05, 0) is 61.7 Å². The Labute approximate surface area is 192 Å². The smallest absolute Gasteiger partial charge is 0.317 e. The highest BCUT2D eigenvalue weighted by atomic mass is 16.2. The lowest BCUT2D eigenvalue weighted by Crippen LogP contribution is -2.51. The number of anilines is 2. The van der Waals surface area contributed by atoms with Crippen LogP contribution in [0.2, 0.25) is 0 Å². The van der Waals surface area contributed by atoms with Crippen molar-refractivity contribution in [3.63, 3.8) is 0 Å². The molecule has 1 heterocycles. The molecule has 1 aliphatic heterocycles. The quantitative estimate of drug-likeness (QED) is 0.549. The number of hydrogen-bond donors (Lipinski definition) is 2. The average Bonchev–Trinajstić information content (AvgIpc) is 2.83. The number of hydrogen-bond acceptors (Lipinski definition) is 3. The van der Waals surface area contributed by atoms with E-state index in [0.29, 0.717) is 25.2 Å². The van der Waals surface area contributed by atoms with Gasteiger partial charge in [-0.2, -0.15) is 0 Å². The summed E-state index contributed by atoms with van der Waals surface area (Å²) in [5.41, 5.74) is 3.84. The number of nitrogens with one attached hydrogen (secondary N) is 2. The first kappa shape index (κ1) is 23.6. The van der Waals surface area contributed by atoms with Crippen LogP contribution in [0.15, 0.2) is 48.5 Å². The molecule has 0 unspecified atom stereocenters. The number of amides is 3. The van der Waals surface area contributed by atoms with Crippen LogP contribution in [-0.2, 0) is 6.42 Å². The molecule has 0 aliphatic carbocycles. The third-order valence-corrected chi connectivity index (χ3v) is 5.92. The Morgan fingerprint density at radius 3 is 2.16 bits per heavy atom. The molecule has 6 heteroatoms. The minimum atomic E-state index is -0.0918. The molecule has 1 aliphatic rings. The number of urea groups is 1. The molecule has 2 aromatic carbocycles. The monoisotopic (exact) mass is 436 g/mol. The van der Waals surface area contributed by atoms with Crippen molar-refractivity contribution in [2.24, 2.45) is 0 Å². The maximum absolute atomic E-state index is 12.6. The van der Waals surface area contributed by atoms with Gasteiger partial charge in [-0.15, -0.1) is 0 Å². The molecule has 0 aromatic heterocycles. The van der Waals surface area contributed by atoms with E-state index in [9.17, 15) is 9.59 Å². The molecule has 6 nitrogen and oxygen atoms in total. The van der Waals surface area contributed by atoms with Crippen molar-refractivity contribution in [1.82, 2.24) is 10.2 Å². The van der Waals surface area contributed by atoms with Gasteiger partial charge in [-0.3, -0.25) is 4.79 Å². The predicted octanol–water partition coefficient (Wildman–Crippen LogP) is 4.91. The molecule has 3 amide bonds. The van der Waals surface area contributed by atoms with Gasteiger partial charge in [0.15, 0.2) is 0 Å². The maximum atomic E-state index is 12.6. The molecule has 0 saturated carbocycles. The Morgan fingerprint density at radius 1 is 0.844 bits per heavy atom. The van der Waals surface area contributed by atoms with Gasteiger partial charge in [0.1, 0.15) is 0 Å². The minimum absolute atomic E-state index is 0.00901. The molecule has 2 aromatic rings. The molecule has 0 radical (unpaired) electrons. The fourth-order valence-electron chi connectivity index (χ4n) is 3.97. The van der Waals surface area contributed by atoms with Crippen LogP contribution >= 0.6 is 0 Å². The normalized spacial score (nSPS) is 13.7. The first-order chi connectivity index (χ1) is 15.6. The van der Waals surface area contributed by atoms with E-state index >= 15 is 0 Å². The lowest BCUT2D eigenvalue weighted by atomic mass is 10.0. The van der Waals surface area contributed by atoms with Gasteiger partial charge in [0.05, 0.1) is 0 Å². The molecule has 172 valence electrons. The van der Waals surface area contributed by atoms with E-state index in [1.165, 1.54) is 31.2 Å². The highest BCUT2D eigenvalue weighted by molar-refractivity contribution is 6.04. The van der Waals surface area contributed by atoms with Crippen molar-refractivity contribution in [3.8, 4) is 0 Å². The highest BCUT2D eigenvalue weighted by Gasteiger charge is 2.20. The molecule has 0 bridgehead atoms. The number of aryl methyl sites for hydroxylation is 1. The summed E-state index contributed by atoms with van der Waals surface area (Å²) in [6, 6.07) is 15.9. The lowest BCUT2D eigenvalue weighted by Gasteiger charge is -2.36. The third-order valence-electron chi connectivity index (χ3n) is 5.92. The number of carbonyl (C=O) groups excluding carboxylic acids is 2. The van der Waals surface area contributed by atoms with Crippen LogP contribution in [0.3, 0.4) is 0 Å². The molecular weight excluding hydrogens is 400 g/mol. The molecule has 3 rings (SSSR count). The van der Waals surface area contributed by atoms with Gasteiger partial charge in [-0.1, -0.05) is 38.3 Å². The summed E-state index contributed by atoms with van der Waals surface area (Å²) in [6.07, 6.45) is 6.06. The largest absolute Gasteiger partial charge is 0.368 e. The Balaban J connectivity index is 1.48. The number of piperazine rings is 1. The van der Waals surface area contributed by atoms with Crippen LogP contribution in [0.25, 0.3) is 0 Å². The second kappa shape index (κ2) is 12.1. The van der Waals surface area contributed by atoms with E-state index in [1.54, 1.807) is 0 Å². The fourth-order valence-corrected chi connectivity index (χ4v) is 3.97. The Kier molecular flexibility index (Phi) is 8.96. The Hall–Kier alpha value is -3.02. The van der Waals surface area contributed by atoms with Crippen molar-refractivity contribution < 1.29 is 9.59 Å². The first-order valence-electron chi connectivity index (χ1n) is 11.9. The minimum Gasteiger partial charge on any atom is -0.368 e. The van der Waals surface area contributed by atoms with Crippen molar-refractivity contribution in [2.75, 3.05) is 42.9 Å². The molecule has 32 heavy (non-hydrogen) atoms. The summed E-state index contributed by atoms with van der Waals surface area (Å²) >= 11 is 0. The number of unbranched alkanes of at least 4 members (excludes halogenated alkanes) is 3. The molecule has 0 spiro atoms. The topological polar surface area (TPSA) is 64.7 Å². The lowest BCUT2D eigenvalue weighted by molar-refractivity contribution is 0.102. The zero-order valence-corrected chi connectivity index (χ0v) is 19.4. The zero-order valence-electron chi connectivity index (χ0n) is 19.4. The number of benzene rings is 2. The van der Waals surface area contributed by atoms with Crippen LogP contribution in [0.5, 0.6) is 0 Å². The van der Waals surface area contributed by atoms with E-state index < -0.39 is 0 Å². The molecule has 1 fully saturated rings. The van der Waals surface area contributed by atoms with E-state index in [4.69, 9.17) is 0 Å². The third kappa shape index (κ3) is 6.74. The van der Waals surface area contributed by atoms with Gasteiger partial charge in [0.25, 0.3) is 5.91 Å². The number of rotatable bonds is 9. The standard InChI is InChI=1S/C26H36N4O2/c1-3-5-6-7-8-21-9-11-22(12-10-21)25(31)28-23-13-15-24(16-14-23)29-17-19-30(20-18-29)26(32)27-4-2/h9-16H,3-8,17-20H2,1-2H3,(H,27,32)(H,28,31). The number of carbonyl (C=O) groups is 2. The van der Waals surface area contributed by atoms with Gasteiger partial charge >= 0.3 is 6.03 Å². The first-order valence-corrected chi connectivity index (χ1v) is 11.9. The molecule has 1 saturated heterocycles. The van der Waals surface area contributed by atoms with Gasteiger partial charge in [0, 0.05) is 49.7 Å². The van der Waals surface area contributed by atoms with E-state index in [1.807, 2.05) is 48.2 Å². The van der Waals surface area contributed by atoms with E-state index in [-0.39, 0.29) is 11.9 Å². The second-order valence-corrected chi connectivity index (χ2v) is 8.32. The van der Waals surface area contributed by atoms with Gasteiger partial charge in [-0.25, -0.2) is 4.79 Å². The Bertz CT molecular complexity index is 856. The van der Waals surface area contributed by atoms with Crippen LogP contribution < -0.4 is 15.5 Å². The Morgan fingerprint density at radius 2 is 1.53 bits per heavy atom.